The number of aromatic amines is 1. The number of imidazole rings is 1. The van der Waals surface area contributed by atoms with E-state index in [-0.39, 0.29) is 11.9 Å². The molecular weight excluding hydrogens is 279 g/mol. The van der Waals surface area contributed by atoms with Crippen LogP contribution in [0.4, 0.5) is 4.39 Å². The fraction of sp³-hybridized carbons (Fsp3) is 0.133. The van der Waals surface area contributed by atoms with Crippen LogP contribution < -0.4 is 4.74 Å². The van der Waals surface area contributed by atoms with Crippen molar-refractivity contribution in [1.82, 2.24) is 9.97 Å². The predicted molar refractivity (Wildman–Crippen MR) is 76.5 cm³/mol. The Morgan fingerprint density at radius 1 is 1.20 bits per heavy atom. The molecule has 102 valence electrons. The first-order chi connectivity index (χ1) is 9.61. The van der Waals surface area contributed by atoms with Gasteiger partial charge in [0.15, 0.2) is 6.10 Å². The molecule has 0 aliphatic rings. The smallest absolute Gasteiger partial charge is 0.153 e. The van der Waals surface area contributed by atoms with Gasteiger partial charge in [0.2, 0.25) is 0 Å². The summed E-state index contributed by atoms with van der Waals surface area (Å²) in [5, 5.41) is 0.653. The van der Waals surface area contributed by atoms with Gasteiger partial charge in [-0.15, -0.1) is 0 Å². The van der Waals surface area contributed by atoms with Crippen molar-refractivity contribution in [2.24, 2.45) is 0 Å². The Morgan fingerprint density at radius 3 is 2.70 bits per heavy atom. The largest absolute Gasteiger partial charge is 0.483 e. The van der Waals surface area contributed by atoms with E-state index in [9.17, 15) is 4.39 Å². The Kier molecular flexibility index (Phi) is 3.32. The summed E-state index contributed by atoms with van der Waals surface area (Å²) in [5.74, 6) is 1.01. The highest BCUT2D eigenvalue weighted by Crippen LogP contribution is 2.23. The van der Waals surface area contributed by atoms with Crippen LogP contribution in [0.1, 0.15) is 18.9 Å². The van der Waals surface area contributed by atoms with Gasteiger partial charge in [-0.25, -0.2) is 9.37 Å². The van der Waals surface area contributed by atoms with Crippen molar-refractivity contribution in [3.05, 3.63) is 59.1 Å². The molecule has 0 amide bonds. The summed E-state index contributed by atoms with van der Waals surface area (Å²) in [4.78, 5) is 7.63. The maximum absolute atomic E-state index is 12.8. The lowest BCUT2D eigenvalue weighted by molar-refractivity contribution is 0.217. The summed E-state index contributed by atoms with van der Waals surface area (Å²) < 4.78 is 18.6. The molecular formula is C15H12ClFN2O. The number of benzene rings is 2. The van der Waals surface area contributed by atoms with Crippen LogP contribution in [-0.2, 0) is 0 Å². The van der Waals surface area contributed by atoms with Crippen molar-refractivity contribution in [2.45, 2.75) is 13.0 Å². The van der Waals surface area contributed by atoms with Crippen molar-refractivity contribution >= 4 is 22.6 Å². The highest BCUT2D eigenvalue weighted by atomic mass is 35.5. The summed E-state index contributed by atoms with van der Waals surface area (Å²) in [6.45, 7) is 1.88. The molecule has 1 heterocycles. The SMILES string of the molecule is C[C@@H](Oc1ccc(F)cc1)c1nc2ccc(Cl)cc2[nH]1. The zero-order valence-electron chi connectivity index (χ0n) is 10.7. The van der Waals surface area contributed by atoms with Crippen molar-refractivity contribution < 1.29 is 9.13 Å². The maximum Gasteiger partial charge on any atom is 0.153 e. The van der Waals surface area contributed by atoms with Gasteiger partial charge in [0.25, 0.3) is 0 Å². The van der Waals surface area contributed by atoms with E-state index in [2.05, 4.69) is 9.97 Å². The molecule has 0 aliphatic heterocycles. The van der Waals surface area contributed by atoms with Gasteiger partial charge < -0.3 is 9.72 Å². The Labute approximate surface area is 120 Å². The minimum absolute atomic E-state index is 0.272. The van der Waals surface area contributed by atoms with Crippen molar-refractivity contribution in [3.8, 4) is 5.75 Å². The highest BCUT2D eigenvalue weighted by Gasteiger charge is 2.12. The lowest BCUT2D eigenvalue weighted by Gasteiger charge is -2.12. The molecule has 1 N–H and O–H groups in total. The molecule has 0 radical (unpaired) electrons. The van der Waals surface area contributed by atoms with Gasteiger partial charge in [-0.05, 0) is 49.4 Å². The summed E-state index contributed by atoms with van der Waals surface area (Å²) in [6, 6.07) is 11.4. The number of hydrogen-bond acceptors (Lipinski definition) is 2. The van der Waals surface area contributed by atoms with Crippen LogP contribution in [-0.4, -0.2) is 9.97 Å². The first kappa shape index (κ1) is 12.9. The van der Waals surface area contributed by atoms with Crippen LogP contribution in [0.5, 0.6) is 5.75 Å². The lowest BCUT2D eigenvalue weighted by atomic mass is 10.3. The van der Waals surface area contributed by atoms with Gasteiger partial charge >= 0.3 is 0 Å². The zero-order valence-corrected chi connectivity index (χ0v) is 11.5. The quantitative estimate of drug-likeness (QED) is 0.771. The molecule has 3 aromatic rings. The van der Waals surface area contributed by atoms with Crippen LogP contribution in [0, 0.1) is 5.82 Å². The molecule has 1 atom stereocenters. The predicted octanol–water partition coefficient (Wildman–Crippen LogP) is 4.50. The van der Waals surface area contributed by atoms with Crippen molar-refractivity contribution in [3.63, 3.8) is 0 Å². The Balaban J connectivity index is 1.84. The normalized spacial score (nSPS) is 12.6. The van der Waals surface area contributed by atoms with Gasteiger partial charge in [0.1, 0.15) is 17.4 Å². The van der Waals surface area contributed by atoms with Gasteiger partial charge in [0, 0.05) is 5.02 Å². The average Bonchev–Trinajstić information content (AvgIpc) is 2.84. The average molecular weight is 291 g/mol. The Morgan fingerprint density at radius 2 is 1.95 bits per heavy atom. The molecule has 0 saturated carbocycles. The number of nitrogens with one attached hydrogen (secondary N) is 1. The zero-order chi connectivity index (χ0) is 14.1. The second-order valence-electron chi connectivity index (χ2n) is 4.50. The van der Waals surface area contributed by atoms with Gasteiger partial charge in [-0.1, -0.05) is 11.6 Å². The third-order valence-corrected chi connectivity index (χ3v) is 3.21. The van der Waals surface area contributed by atoms with E-state index >= 15 is 0 Å². The number of hydrogen-bond donors (Lipinski definition) is 1. The summed E-state index contributed by atoms with van der Waals surface area (Å²) in [5.41, 5.74) is 1.70. The number of halogens is 2. The molecule has 1 aromatic heterocycles. The number of aromatic nitrogens is 2. The highest BCUT2D eigenvalue weighted by molar-refractivity contribution is 6.31. The molecule has 2 aromatic carbocycles. The first-order valence-corrected chi connectivity index (χ1v) is 6.57. The van der Waals surface area contributed by atoms with Gasteiger partial charge in [-0.2, -0.15) is 0 Å². The summed E-state index contributed by atoms with van der Waals surface area (Å²) in [6.07, 6.45) is -0.272. The minimum Gasteiger partial charge on any atom is -0.483 e. The number of rotatable bonds is 3. The Bertz CT molecular complexity index is 739. The number of fused-ring (bicyclic) bond motifs is 1. The molecule has 3 nitrogen and oxygen atoms in total. The van der Waals surface area contributed by atoms with E-state index < -0.39 is 0 Å². The molecule has 0 bridgehead atoms. The number of nitrogens with zero attached hydrogens (tertiary/aromatic N) is 1. The third-order valence-electron chi connectivity index (χ3n) is 2.97. The lowest BCUT2D eigenvalue weighted by Crippen LogP contribution is -2.04. The molecule has 0 saturated heterocycles. The van der Waals surface area contributed by atoms with E-state index in [4.69, 9.17) is 16.3 Å². The fourth-order valence-electron chi connectivity index (χ4n) is 1.97. The molecule has 20 heavy (non-hydrogen) atoms. The van der Waals surface area contributed by atoms with Crippen LogP contribution in [0.25, 0.3) is 11.0 Å². The summed E-state index contributed by atoms with van der Waals surface area (Å²) in [7, 11) is 0. The van der Waals surface area contributed by atoms with E-state index in [0.29, 0.717) is 16.6 Å². The van der Waals surface area contributed by atoms with E-state index in [1.54, 1.807) is 18.2 Å². The summed E-state index contributed by atoms with van der Waals surface area (Å²) >= 11 is 5.94. The van der Waals surface area contributed by atoms with Crippen LogP contribution in [0.2, 0.25) is 5.02 Å². The molecule has 0 spiro atoms. The fourth-order valence-corrected chi connectivity index (χ4v) is 2.14. The van der Waals surface area contributed by atoms with Gasteiger partial charge in [0.05, 0.1) is 11.0 Å². The molecule has 3 rings (SSSR count). The molecule has 0 aliphatic carbocycles. The Hall–Kier alpha value is -2.07. The molecule has 0 fully saturated rings. The van der Waals surface area contributed by atoms with Crippen LogP contribution in [0.3, 0.4) is 0 Å². The molecule has 5 heteroatoms. The monoisotopic (exact) mass is 290 g/mol. The van der Waals surface area contributed by atoms with Crippen molar-refractivity contribution in [2.75, 3.05) is 0 Å². The second-order valence-corrected chi connectivity index (χ2v) is 4.93. The number of ether oxygens (including phenoxy) is 1. The minimum atomic E-state index is -0.289. The van der Waals surface area contributed by atoms with E-state index in [1.807, 2.05) is 19.1 Å². The topological polar surface area (TPSA) is 37.9 Å². The second kappa shape index (κ2) is 5.13. The van der Waals surface area contributed by atoms with Crippen LogP contribution in [0.15, 0.2) is 42.5 Å². The maximum atomic E-state index is 12.8. The van der Waals surface area contributed by atoms with E-state index in [1.165, 1.54) is 12.1 Å². The molecule has 0 unspecified atom stereocenters. The number of H-pyrrole nitrogens is 1. The first-order valence-electron chi connectivity index (χ1n) is 6.19. The van der Waals surface area contributed by atoms with E-state index in [0.717, 1.165) is 11.0 Å². The standard InChI is InChI=1S/C15H12ClFN2O/c1-9(20-12-5-3-11(17)4-6-12)15-18-13-7-2-10(16)8-14(13)19-15/h2-9H,1H3,(H,18,19)/t9-/m1/s1. The van der Waals surface area contributed by atoms with Gasteiger partial charge in [-0.3, -0.25) is 0 Å². The van der Waals surface area contributed by atoms with Crippen molar-refractivity contribution in [1.29, 1.82) is 0 Å². The van der Waals surface area contributed by atoms with Crippen LogP contribution >= 0.6 is 11.6 Å². The third kappa shape index (κ3) is 2.60.